The Hall–Kier alpha value is -0.0800. The summed E-state index contributed by atoms with van der Waals surface area (Å²) in [6, 6.07) is 0. The average Bonchev–Trinajstić information content (AvgIpc) is 1.77. The molecule has 1 aliphatic rings. The molecule has 1 saturated heterocycles. The number of hydrogen-bond acceptors (Lipinski definition) is 2. The Morgan fingerprint density at radius 3 is 1.62 bits per heavy atom. The third-order valence-electron chi connectivity index (χ3n) is 1.23. The minimum Gasteiger partial charge on any atom is -0.373 e. The van der Waals surface area contributed by atoms with Crippen molar-refractivity contribution in [1.82, 2.24) is 0 Å². The van der Waals surface area contributed by atoms with Crippen molar-refractivity contribution in [3.63, 3.8) is 0 Å². The predicted octanol–water partition coefficient (Wildman–Crippen LogP) is 0.810. The summed E-state index contributed by atoms with van der Waals surface area (Å²) in [6.07, 6.45) is 0.595. The van der Waals surface area contributed by atoms with Crippen molar-refractivity contribution in [3.8, 4) is 0 Å². The van der Waals surface area contributed by atoms with Crippen molar-refractivity contribution < 1.29 is 9.47 Å². The molecule has 2 nitrogen and oxygen atoms in total. The third-order valence-corrected chi connectivity index (χ3v) is 1.23. The molecule has 0 amide bonds. The highest BCUT2D eigenvalue weighted by atomic mass is 16.6. The standard InChI is InChI=1S/C6H12O2/c1-5-3-8-6(2)4-7-5/h5-6H,3-4H2,1-2H3/t5-,6?/m0/s1. The van der Waals surface area contributed by atoms with Gasteiger partial charge >= 0.3 is 0 Å². The van der Waals surface area contributed by atoms with Crippen molar-refractivity contribution in [3.05, 3.63) is 0 Å². The molecule has 1 unspecified atom stereocenters. The second-order valence-electron chi connectivity index (χ2n) is 2.29. The fraction of sp³-hybridized carbons (Fsp3) is 1.00. The van der Waals surface area contributed by atoms with E-state index in [2.05, 4.69) is 0 Å². The van der Waals surface area contributed by atoms with Crippen molar-refractivity contribution in [2.24, 2.45) is 0 Å². The quantitative estimate of drug-likeness (QED) is 0.466. The first-order valence-electron chi connectivity index (χ1n) is 3.02. The van der Waals surface area contributed by atoms with Gasteiger partial charge in [-0.05, 0) is 13.8 Å². The highest BCUT2D eigenvalue weighted by molar-refractivity contribution is 4.58. The Balaban J connectivity index is 2.19. The van der Waals surface area contributed by atoms with E-state index < -0.39 is 0 Å². The Bertz CT molecular complexity index is 54.9. The van der Waals surface area contributed by atoms with Gasteiger partial charge in [-0.3, -0.25) is 0 Å². The monoisotopic (exact) mass is 116 g/mol. The van der Waals surface area contributed by atoms with Gasteiger partial charge in [-0.1, -0.05) is 0 Å². The highest BCUT2D eigenvalue weighted by Gasteiger charge is 2.13. The number of rotatable bonds is 0. The molecule has 0 saturated carbocycles. The maximum atomic E-state index is 5.27. The molecule has 1 fully saturated rings. The Morgan fingerprint density at radius 2 is 1.38 bits per heavy atom. The van der Waals surface area contributed by atoms with Gasteiger partial charge < -0.3 is 9.47 Å². The molecule has 2 atom stereocenters. The van der Waals surface area contributed by atoms with Gasteiger partial charge in [-0.2, -0.15) is 0 Å². The van der Waals surface area contributed by atoms with Crippen molar-refractivity contribution in [2.75, 3.05) is 13.2 Å². The predicted molar refractivity (Wildman–Crippen MR) is 30.8 cm³/mol. The molecule has 48 valence electrons. The third kappa shape index (κ3) is 1.46. The van der Waals surface area contributed by atoms with Crippen LogP contribution in [0.15, 0.2) is 0 Å². The molecule has 0 radical (unpaired) electrons. The van der Waals surface area contributed by atoms with Gasteiger partial charge in [0.25, 0.3) is 0 Å². The van der Waals surface area contributed by atoms with E-state index in [9.17, 15) is 0 Å². The van der Waals surface area contributed by atoms with Crippen LogP contribution < -0.4 is 0 Å². The SMILES string of the molecule is CC1CO[C@@H](C)CO1. The molecule has 1 heterocycles. The van der Waals surface area contributed by atoms with Gasteiger partial charge in [0.15, 0.2) is 0 Å². The molecule has 1 rings (SSSR count). The van der Waals surface area contributed by atoms with Gasteiger partial charge in [-0.25, -0.2) is 0 Å². The Morgan fingerprint density at radius 1 is 1.00 bits per heavy atom. The lowest BCUT2D eigenvalue weighted by Gasteiger charge is -2.24. The minimum atomic E-state index is 0.297. The van der Waals surface area contributed by atoms with E-state index in [0.29, 0.717) is 12.2 Å². The molecule has 2 heteroatoms. The van der Waals surface area contributed by atoms with E-state index >= 15 is 0 Å². The van der Waals surface area contributed by atoms with Gasteiger partial charge in [0, 0.05) is 0 Å². The Labute approximate surface area is 49.8 Å². The van der Waals surface area contributed by atoms with Crippen LogP contribution in [0.1, 0.15) is 13.8 Å². The summed E-state index contributed by atoms with van der Waals surface area (Å²) in [5.41, 5.74) is 0. The van der Waals surface area contributed by atoms with Crippen LogP contribution in [0.4, 0.5) is 0 Å². The first-order valence-corrected chi connectivity index (χ1v) is 3.02. The van der Waals surface area contributed by atoms with Crippen molar-refractivity contribution in [1.29, 1.82) is 0 Å². The lowest BCUT2D eigenvalue weighted by molar-refractivity contribution is -0.119. The van der Waals surface area contributed by atoms with Crippen LogP contribution in [0.2, 0.25) is 0 Å². The summed E-state index contributed by atoms with van der Waals surface area (Å²) in [6.45, 7) is 5.54. The lowest BCUT2D eigenvalue weighted by Crippen LogP contribution is -2.31. The summed E-state index contributed by atoms with van der Waals surface area (Å²) >= 11 is 0. The summed E-state index contributed by atoms with van der Waals surface area (Å²) in [5, 5.41) is 0. The fourth-order valence-electron chi connectivity index (χ4n) is 0.696. The topological polar surface area (TPSA) is 18.5 Å². The first kappa shape index (κ1) is 6.05. The normalized spacial score (nSPS) is 39.8. The zero-order valence-electron chi connectivity index (χ0n) is 5.39. The van der Waals surface area contributed by atoms with E-state index in [1.54, 1.807) is 0 Å². The summed E-state index contributed by atoms with van der Waals surface area (Å²) in [4.78, 5) is 0. The van der Waals surface area contributed by atoms with E-state index in [-0.39, 0.29) is 0 Å². The summed E-state index contributed by atoms with van der Waals surface area (Å²) < 4.78 is 10.5. The summed E-state index contributed by atoms with van der Waals surface area (Å²) in [7, 11) is 0. The number of hydrogen-bond donors (Lipinski definition) is 0. The van der Waals surface area contributed by atoms with Gasteiger partial charge in [0.05, 0.1) is 25.4 Å². The maximum Gasteiger partial charge on any atom is 0.0781 e. The van der Waals surface area contributed by atoms with Crippen LogP contribution in [-0.4, -0.2) is 25.4 Å². The second-order valence-corrected chi connectivity index (χ2v) is 2.29. The fourth-order valence-corrected chi connectivity index (χ4v) is 0.696. The molecule has 0 aromatic carbocycles. The van der Waals surface area contributed by atoms with Crippen LogP contribution in [-0.2, 0) is 9.47 Å². The van der Waals surface area contributed by atoms with E-state index in [1.165, 1.54) is 0 Å². The minimum absolute atomic E-state index is 0.297. The van der Waals surface area contributed by atoms with Gasteiger partial charge in [-0.15, -0.1) is 0 Å². The van der Waals surface area contributed by atoms with E-state index in [0.717, 1.165) is 13.2 Å². The zero-order valence-corrected chi connectivity index (χ0v) is 5.39. The molecule has 8 heavy (non-hydrogen) atoms. The molecular weight excluding hydrogens is 104 g/mol. The number of ether oxygens (including phenoxy) is 2. The zero-order chi connectivity index (χ0) is 5.98. The van der Waals surface area contributed by atoms with Gasteiger partial charge in [0.1, 0.15) is 0 Å². The Kier molecular flexibility index (Phi) is 1.86. The van der Waals surface area contributed by atoms with Gasteiger partial charge in [0.2, 0.25) is 0 Å². The first-order chi connectivity index (χ1) is 3.79. The lowest BCUT2D eigenvalue weighted by atomic mass is 10.3. The van der Waals surface area contributed by atoms with Crippen molar-refractivity contribution >= 4 is 0 Å². The van der Waals surface area contributed by atoms with Crippen LogP contribution in [0.3, 0.4) is 0 Å². The largest absolute Gasteiger partial charge is 0.373 e. The highest BCUT2D eigenvalue weighted by Crippen LogP contribution is 2.04. The second kappa shape index (κ2) is 2.46. The molecule has 0 aliphatic carbocycles. The average molecular weight is 116 g/mol. The van der Waals surface area contributed by atoms with Crippen molar-refractivity contribution in [2.45, 2.75) is 26.1 Å². The molecule has 0 spiro atoms. The molecule has 0 bridgehead atoms. The molecule has 0 aromatic heterocycles. The summed E-state index contributed by atoms with van der Waals surface area (Å²) in [5.74, 6) is 0. The van der Waals surface area contributed by atoms with Crippen LogP contribution in [0, 0.1) is 0 Å². The molecule has 0 aromatic rings. The molecule has 1 aliphatic heterocycles. The molecular formula is C6H12O2. The maximum absolute atomic E-state index is 5.27. The van der Waals surface area contributed by atoms with Crippen LogP contribution in [0.5, 0.6) is 0 Å². The van der Waals surface area contributed by atoms with Crippen LogP contribution >= 0.6 is 0 Å². The van der Waals surface area contributed by atoms with E-state index in [1.807, 2.05) is 13.8 Å². The smallest absolute Gasteiger partial charge is 0.0781 e. The van der Waals surface area contributed by atoms with E-state index in [4.69, 9.17) is 9.47 Å². The molecule has 0 N–H and O–H groups in total. The van der Waals surface area contributed by atoms with Crippen LogP contribution in [0.25, 0.3) is 0 Å².